The number of methoxy groups -OCH3 is 1. The van der Waals surface area contributed by atoms with Crippen molar-refractivity contribution in [3.05, 3.63) is 30.0 Å². The number of likely N-dealkylation sites (tertiary alicyclic amines) is 1. The third-order valence-electron chi connectivity index (χ3n) is 9.74. The number of carbonyl (C=O) groups is 2. The lowest BCUT2D eigenvalue weighted by Crippen LogP contribution is -2.55. The van der Waals surface area contributed by atoms with Crippen LogP contribution in [0.2, 0.25) is 0 Å². The van der Waals surface area contributed by atoms with Gasteiger partial charge in [0.2, 0.25) is 11.9 Å². The summed E-state index contributed by atoms with van der Waals surface area (Å²) in [6, 6.07) is 5.22. The van der Waals surface area contributed by atoms with Gasteiger partial charge in [0.1, 0.15) is 17.5 Å². The molecule has 0 radical (unpaired) electrons. The molecule has 2 aromatic rings. The lowest BCUT2D eigenvalue weighted by molar-refractivity contribution is -0.120. The highest BCUT2D eigenvalue weighted by Gasteiger charge is 2.47. The maximum absolute atomic E-state index is 13.2. The van der Waals surface area contributed by atoms with Crippen molar-refractivity contribution in [2.75, 3.05) is 56.0 Å². The van der Waals surface area contributed by atoms with E-state index in [4.69, 9.17) is 9.72 Å². The molecule has 4 atom stereocenters. The number of nitrogens with zero attached hydrogens (tertiary/aromatic N) is 5. The summed E-state index contributed by atoms with van der Waals surface area (Å²) in [5.41, 5.74) is 0.924. The highest BCUT2D eigenvalue weighted by atomic mass is 16.5. The number of anilines is 4. The maximum atomic E-state index is 13.2. The lowest BCUT2D eigenvalue weighted by atomic mass is 9.99. The first-order valence-electron chi connectivity index (χ1n) is 15.3. The van der Waals surface area contributed by atoms with Gasteiger partial charge in [0, 0.05) is 38.3 Å². The number of benzene rings is 1. The Kier molecular flexibility index (Phi) is 7.74. The fourth-order valence-corrected chi connectivity index (χ4v) is 7.69. The Morgan fingerprint density at radius 1 is 1.17 bits per heavy atom. The second-order valence-corrected chi connectivity index (χ2v) is 12.7. The van der Waals surface area contributed by atoms with Crippen LogP contribution in [0.25, 0.3) is 0 Å². The SMILES string of the molecule is CC[C@@H]1C(=O)N(C)c2cnc(Nc3ccc(C(=O)NCC4(O)CC5CN(C)C[C@H]5C4)cc3OC)nc2N1C1CCCC1. The number of nitrogens with one attached hydrogen (secondary N) is 2. The van der Waals surface area contributed by atoms with Gasteiger partial charge in [-0.3, -0.25) is 9.59 Å². The minimum Gasteiger partial charge on any atom is -0.495 e. The van der Waals surface area contributed by atoms with E-state index < -0.39 is 5.60 Å². The van der Waals surface area contributed by atoms with Crippen LogP contribution in [0.3, 0.4) is 0 Å². The van der Waals surface area contributed by atoms with Gasteiger partial charge < -0.3 is 35.2 Å². The molecular formula is C31H43N7O4. The average Bonchev–Trinajstić information content (AvgIpc) is 3.69. The number of aliphatic hydroxyl groups is 1. The van der Waals surface area contributed by atoms with Crippen molar-refractivity contribution in [2.24, 2.45) is 11.8 Å². The van der Waals surface area contributed by atoms with E-state index in [9.17, 15) is 14.7 Å². The molecule has 0 bridgehead atoms. The van der Waals surface area contributed by atoms with Crippen LogP contribution < -0.4 is 25.2 Å². The molecule has 1 aromatic carbocycles. The fourth-order valence-electron chi connectivity index (χ4n) is 7.69. The molecule has 2 aliphatic heterocycles. The number of fused-ring (bicyclic) bond motifs is 2. The van der Waals surface area contributed by atoms with Crippen molar-refractivity contribution in [3.63, 3.8) is 0 Å². The molecule has 226 valence electrons. The van der Waals surface area contributed by atoms with Gasteiger partial charge in [-0.05, 0) is 69.2 Å². The van der Waals surface area contributed by atoms with Gasteiger partial charge >= 0.3 is 0 Å². The zero-order chi connectivity index (χ0) is 29.6. The van der Waals surface area contributed by atoms with Crippen LogP contribution in [0.15, 0.2) is 24.4 Å². The normalized spacial score (nSPS) is 27.7. The monoisotopic (exact) mass is 577 g/mol. The van der Waals surface area contributed by atoms with Gasteiger partial charge in [0.15, 0.2) is 5.82 Å². The summed E-state index contributed by atoms with van der Waals surface area (Å²) in [6.45, 7) is 4.30. The molecule has 1 saturated heterocycles. The van der Waals surface area contributed by atoms with Gasteiger partial charge in [-0.15, -0.1) is 0 Å². The van der Waals surface area contributed by atoms with Crippen LogP contribution in [0.1, 0.15) is 62.2 Å². The predicted molar refractivity (Wildman–Crippen MR) is 162 cm³/mol. The Morgan fingerprint density at radius 2 is 1.88 bits per heavy atom. The third-order valence-corrected chi connectivity index (χ3v) is 9.74. The molecule has 3 heterocycles. The summed E-state index contributed by atoms with van der Waals surface area (Å²) in [4.78, 5) is 41.8. The molecule has 2 unspecified atom stereocenters. The Balaban J connectivity index is 1.17. The average molecular weight is 578 g/mol. The van der Waals surface area contributed by atoms with E-state index in [0.717, 1.165) is 57.4 Å². The number of likely N-dealkylation sites (N-methyl/N-ethyl adjacent to an activating group) is 1. The number of hydrogen-bond acceptors (Lipinski definition) is 9. The molecule has 0 spiro atoms. The Hall–Kier alpha value is -3.44. The van der Waals surface area contributed by atoms with Gasteiger partial charge in [0.05, 0.1) is 24.6 Å². The van der Waals surface area contributed by atoms with E-state index in [1.54, 1.807) is 43.5 Å². The standard InChI is InChI=1S/C31H43N7O4/c1-5-24-29(40)37(3)25-15-32-30(35-27(25)38(24)22-8-6-7-9-22)34-23-11-10-19(12-26(23)42-4)28(39)33-18-31(41)13-20-16-36(2)17-21(20)14-31/h10-12,15,20-22,24,41H,5-9,13-14,16-18H2,1-4H3,(H,33,39)(H,32,34,35)/t20-,21?,24-,31?/m1/s1. The Bertz CT molecular complexity index is 1330. The quantitative estimate of drug-likeness (QED) is 0.434. The summed E-state index contributed by atoms with van der Waals surface area (Å²) in [6.07, 6.45) is 8.25. The molecule has 2 aliphatic carbocycles. The summed E-state index contributed by atoms with van der Waals surface area (Å²) in [7, 11) is 5.46. The Morgan fingerprint density at radius 3 is 2.55 bits per heavy atom. The second-order valence-electron chi connectivity index (χ2n) is 12.7. The van der Waals surface area contributed by atoms with Gasteiger partial charge in [-0.1, -0.05) is 19.8 Å². The minimum absolute atomic E-state index is 0.0762. The van der Waals surface area contributed by atoms with E-state index in [1.165, 1.54) is 0 Å². The fraction of sp³-hybridized carbons (Fsp3) is 0.613. The molecular weight excluding hydrogens is 534 g/mol. The molecule has 4 aliphatic rings. The second kappa shape index (κ2) is 11.3. The summed E-state index contributed by atoms with van der Waals surface area (Å²) in [5, 5.41) is 17.3. The van der Waals surface area contributed by atoms with Crippen LogP contribution >= 0.6 is 0 Å². The van der Waals surface area contributed by atoms with Crippen molar-refractivity contribution < 1.29 is 19.4 Å². The van der Waals surface area contributed by atoms with Crippen LogP contribution in [-0.2, 0) is 4.79 Å². The molecule has 2 saturated carbocycles. The van der Waals surface area contributed by atoms with Crippen LogP contribution in [0, 0.1) is 11.8 Å². The smallest absolute Gasteiger partial charge is 0.251 e. The molecule has 11 heteroatoms. The van der Waals surface area contributed by atoms with Crippen LogP contribution in [0.4, 0.5) is 23.1 Å². The summed E-state index contributed by atoms with van der Waals surface area (Å²) in [5.74, 6) is 2.45. The number of rotatable bonds is 8. The van der Waals surface area contributed by atoms with E-state index in [1.807, 2.05) is 6.92 Å². The molecule has 2 amide bonds. The molecule has 6 rings (SSSR count). The number of amides is 2. The van der Waals surface area contributed by atoms with E-state index in [-0.39, 0.29) is 30.4 Å². The van der Waals surface area contributed by atoms with Crippen LogP contribution in [0.5, 0.6) is 5.75 Å². The van der Waals surface area contributed by atoms with E-state index >= 15 is 0 Å². The first-order chi connectivity index (χ1) is 20.2. The zero-order valence-corrected chi connectivity index (χ0v) is 25.1. The minimum atomic E-state index is -0.858. The summed E-state index contributed by atoms with van der Waals surface area (Å²) < 4.78 is 5.63. The van der Waals surface area contributed by atoms with Crippen molar-refractivity contribution in [3.8, 4) is 5.75 Å². The number of hydrogen-bond donors (Lipinski definition) is 3. The van der Waals surface area contributed by atoms with Crippen molar-refractivity contribution in [1.82, 2.24) is 20.2 Å². The van der Waals surface area contributed by atoms with Crippen molar-refractivity contribution >= 4 is 35.0 Å². The number of carbonyl (C=O) groups excluding carboxylic acids is 2. The number of ether oxygens (including phenoxy) is 1. The van der Waals surface area contributed by atoms with Crippen molar-refractivity contribution in [2.45, 2.75) is 69.6 Å². The molecule has 42 heavy (non-hydrogen) atoms. The van der Waals surface area contributed by atoms with Gasteiger partial charge in [-0.25, -0.2) is 4.98 Å². The predicted octanol–water partition coefficient (Wildman–Crippen LogP) is 3.17. The summed E-state index contributed by atoms with van der Waals surface area (Å²) >= 11 is 0. The number of aromatic nitrogens is 2. The Labute approximate surface area is 247 Å². The molecule has 11 nitrogen and oxygen atoms in total. The van der Waals surface area contributed by atoms with Gasteiger partial charge in [0.25, 0.3) is 5.91 Å². The first kappa shape index (κ1) is 28.7. The van der Waals surface area contributed by atoms with Crippen molar-refractivity contribution in [1.29, 1.82) is 0 Å². The maximum Gasteiger partial charge on any atom is 0.251 e. The van der Waals surface area contributed by atoms with Crippen LogP contribution in [-0.4, -0.2) is 90.3 Å². The van der Waals surface area contributed by atoms with Gasteiger partial charge in [-0.2, -0.15) is 4.98 Å². The van der Waals surface area contributed by atoms with E-state index in [2.05, 4.69) is 32.5 Å². The highest BCUT2D eigenvalue weighted by Crippen LogP contribution is 2.43. The lowest BCUT2D eigenvalue weighted by Gasteiger charge is -2.43. The molecule has 3 fully saturated rings. The third kappa shape index (κ3) is 5.28. The topological polar surface area (TPSA) is 123 Å². The van der Waals surface area contributed by atoms with E-state index in [0.29, 0.717) is 46.9 Å². The molecule has 3 N–H and O–H groups in total. The largest absolute Gasteiger partial charge is 0.495 e. The zero-order valence-electron chi connectivity index (χ0n) is 25.1. The highest BCUT2D eigenvalue weighted by molar-refractivity contribution is 6.04. The molecule has 1 aromatic heterocycles. The first-order valence-corrected chi connectivity index (χ1v) is 15.3.